The summed E-state index contributed by atoms with van der Waals surface area (Å²) in [5, 5.41) is 7.76. The summed E-state index contributed by atoms with van der Waals surface area (Å²) in [6.07, 6.45) is 0. The van der Waals surface area contributed by atoms with Crippen molar-refractivity contribution in [3.63, 3.8) is 0 Å². The number of para-hydroxylation sites is 1. The topological polar surface area (TPSA) is 8.17 Å². The number of thiophene rings is 2. The van der Waals surface area contributed by atoms with Gasteiger partial charge in [-0.2, -0.15) is 0 Å². The minimum atomic E-state index is 0.0524. The van der Waals surface area contributed by atoms with E-state index in [9.17, 15) is 0 Å². The highest BCUT2D eigenvalue weighted by atomic mass is 32.1. The van der Waals surface area contributed by atoms with Crippen molar-refractivity contribution in [3.05, 3.63) is 181 Å². The van der Waals surface area contributed by atoms with Crippen molar-refractivity contribution in [1.29, 1.82) is 0 Å². The first-order valence-electron chi connectivity index (χ1n) is 19.2. The van der Waals surface area contributed by atoms with E-state index in [1.807, 2.05) is 22.7 Å². The summed E-state index contributed by atoms with van der Waals surface area (Å²) in [5.41, 5.74) is 10.9. The second-order valence-electron chi connectivity index (χ2n) is 15.8. The van der Waals surface area contributed by atoms with Crippen molar-refractivity contribution in [3.8, 4) is 16.8 Å². The summed E-state index contributed by atoms with van der Waals surface area (Å²) in [4.78, 5) is 2.42. The highest BCUT2D eigenvalue weighted by molar-refractivity contribution is 7.26. The molecular weight excluding hydrogens is 717 g/mol. The van der Waals surface area contributed by atoms with Crippen LogP contribution in [0.25, 0.3) is 79.0 Å². The van der Waals surface area contributed by atoms with Crippen LogP contribution in [0, 0.1) is 0 Å². The Morgan fingerprint density at radius 2 is 0.893 bits per heavy atom. The maximum atomic E-state index is 2.42. The molecule has 0 spiro atoms. The van der Waals surface area contributed by atoms with Crippen LogP contribution in [0.15, 0.2) is 176 Å². The summed E-state index contributed by atoms with van der Waals surface area (Å²) in [6.45, 7) is 6.88. The van der Waals surface area contributed by atoms with Gasteiger partial charge in [-0.05, 0) is 119 Å². The summed E-state index contributed by atoms with van der Waals surface area (Å²) in [7, 11) is 0. The molecule has 8 aromatic carbocycles. The fourth-order valence-corrected chi connectivity index (χ4v) is 10.7. The Hall–Kier alpha value is -6.20. The van der Waals surface area contributed by atoms with Gasteiger partial charge in [0.1, 0.15) is 0 Å². The van der Waals surface area contributed by atoms with Crippen molar-refractivity contribution in [2.24, 2.45) is 0 Å². The Morgan fingerprint density at radius 3 is 1.50 bits per heavy atom. The quantitative estimate of drug-likeness (QED) is 0.170. The normalized spacial score (nSPS) is 12.2. The van der Waals surface area contributed by atoms with Crippen LogP contribution in [-0.4, -0.2) is 4.57 Å². The van der Waals surface area contributed by atoms with Crippen LogP contribution >= 0.6 is 22.7 Å². The Morgan fingerprint density at radius 1 is 0.393 bits per heavy atom. The molecule has 4 heteroatoms. The SMILES string of the molecule is CC(C)(C)c1ccc2c(c1)c1cc(-c3ccc(N(c4ccc5sc6ccccc6c5c4)c4ccc5sc6ccccc6c5c4)cc3)ccc1n2-c1ccccc1. The molecular formula is C52H38N2S2. The molecule has 3 aromatic heterocycles. The van der Waals surface area contributed by atoms with Crippen LogP contribution in [0.4, 0.5) is 17.1 Å². The number of hydrogen-bond acceptors (Lipinski definition) is 3. The lowest BCUT2D eigenvalue weighted by atomic mass is 9.86. The zero-order valence-corrected chi connectivity index (χ0v) is 33.1. The standard InChI is InChI=1S/C52H38N2S2/c1-52(2,3)35-20-26-47-43(30-35)42-29-34(19-25-46(42)54(47)36-11-5-4-6-12-36)33-17-21-37(22-18-33)53(38-23-27-50-44(31-38)40-13-7-9-15-48(40)55-50)39-24-28-51-45(32-39)41-14-8-10-16-49(41)56-51/h4-32H,1-3H3. The van der Waals surface area contributed by atoms with Crippen LogP contribution in [0.3, 0.4) is 0 Å². The second-order valence-corrected chi connectivity index (χ2v) is 18.0. The highest BCUT2D eigenvalue weighted by Gasteiger charge is 2.20. The summed E-state index contributed by atoms with van der Waals surface area (Å²) >= 11 is 3.72. The minimum Gasteiger partial charge on any atom is -0.310 e. The molecule has 11 aromatic rings. The van der Waals surface area contributed by atoms with E-state index in [-0.39, 0.29) is 5.41 Å². The van der Waals surface area contributed by atoms with Gasteiger partial charge < -0.3 is 9.47 Å². The van der Waals surface area contributed by atoms with Crippen LogP contribution in [0.1, 0.15) is 26.3 Å². The van der Waals surface area contributed by atoms with Gasteiger partial charge in [-0.3, -0.25) is 0 Å². The fourth-order valence-electron chi connectivity index (χ4n) is 8.48. The van der Waals surface area contributed by atoms with E-state index in [4.69, 9.17) is 0 Å². The van der Waals surface area contributed by atoms with Crippen molar-refractivity contribution in [2.75, 3.05) is 4.90 Å². The van der Waals surface area contributed by atoms with Crippen molar-refractivity contribution >= 4 is 102 Å². The number of rotatable bonds is 5. The van der Waals surface area contributed by atoms with Gasteiger partial charge in [0.15, 0.2) is 0 Å². The maximum Gasteiger partial charge on any atom is 0.0541 e. The zero-order valence-electron chi connectivity index (χ0n) is 31.5. The van der Waals surface area contributed by atoms with Gasteiger partial charge >= 0.3 is 0 Å². The third-order valence-corrected chi connectivity index (χ3v) is 13.6. The Bertz CT molecular complexity index is 3170. The summed E-state index contributed by atoms with van der Waals surface area (Å²) < 4.78 is 7.66. The molecule has 56 heavy (non-hydrogen) atoms. The predicted octanol–water partition coefficient (Wildman–Crippen LogP) is 16.0. The molecule has 0 saturated carbocycles. The molecule has 0 fully saturated rings. The molecule has 2 nitrogen and oxygen atoms in total. The monoisotopic (exact) mass is 754 g/mol. The molecule has 0 unspecified atom stereocenters. The van der Waals surface area contributed by atoms with E-state index < -0.39 is 0 Å². The van der Waals surface area contributed by atoms with E-state index in [1.165, 1.54) is 84.5 Å². The largest absolute Gasteiger partial charge is 0.310 e. The zero-order chi connectivity index (χ0) is 37.5. The van der Waals surface area contributed by atoms with Crippen LogP contribution < -0.4 is 4.90 Å². The lowest BCUT2D eigenvalue weighted by Gasteiger charge is -2.26. The number of anilines is 3. The lowest BCUT2D eigenvalue weighted by Crippen LogP contribution is -2.10. The smallest absolute Gasteiger partial charge is 0.0541 e. The maximum absolute atomic E-state index is 2.42. The van der Waals surface area contributed by atoms with Crippen LogP contribution in [0.2, 0.25) is 0 Å². The van der Waals surface area contributed by atoms with Gasteiger partial charge in [-0.1, -0.05) is 99.6 Å². The average Bonchev–Trinajstić information content (AvgIpc) is 3.90. The van der Waals surface area contributed by atoms with Crippen molar-refractivity contribution < 1.29 is 0 Å². The Labute approximate surface area is 334 Å². The first-order chi connectivity index (χ1) is 27.4. The molecule has 0 aliphatic rings. The van der Waals surface area contributed by atoms with E-state index in [0.717, 1.165) is 17.1 Å². The first-order valence-corrected chi connectivity index (χ1v) is 20.9. The predicted molar refractivity (Wildman–Crippen MR) is 245 cm³/mol. The molecule has 0 aliphatic heterocycles. The molecule has 0 N–H and O–H groups in total. The van der Waals surface area contributed by atoms with Gasteiger partial charge in [-0.15, -0.1) is 22.7 Å². The number of aromatic nitrogens is 1. The highest BCUT2D eigenvalue weighted by Crippen LogP contribution is 2.44. The Balaban J connectivity index is 1.06. The third-order valence-electron chi connectivity index (χ3n) is 11.3. The van der Waals surface area contributed by atoms with Crippen molar-refractivity contribution in [1.82, 2.24) is 4.57 Å². The van der Waals surface area contributed by atoms with Crippen LogP contribution in [-0.2, 0) is 5.41 Å². The molecule has 0 saturated heterocycles. The van der Waals surface area contributed by atoms with E-state index >= 15 is 0 Å². The molecule has 0 bridgehead atoms. The fraction of sp³-hybridized carbons (Fsp3) is 0.0769. The number of nitrogens with zero attached hydrogens (tertiary/aromatic N) is 2. The molecule has 11 rings (SSSR count). The molecule has 0 atom stereocenters. The molecule has 0 radical (unpaired) electrons. The van der Waals surface area contributed by atoms with Gasteiger partial charge in [0.25, 0.3) is 0 Å². The minimum absolute atomic E-state index is 0.0524. The molecule has 268 valence electrons. The van der Waals surface area contributed by atoms with Gasteiger partial charge in [0, 0.05) is 73.9 Å². The molecule has 0 amide bonds. The second kappa shape index (κ2) is 12.7. The van der Waals surface area contributed by atoms with Gasteiger partial charge in [-0.25, -0.2) is 0 Å². The molecule has 3 heterocycles. The van der Waals surface area contributed by atoms with E-state index in [2.05, 4.69) is 206 Å². The van der Waals surface area contributed by atoms with Gasteiger partial charge in [0.05, 0.1) is 11.0 Å². The summed E-state index contributed by atoms with van der Waals surface area (Å²) in [5.74, 6) is 0. The average molecular weight is 755 g/mol. The van der Waals surface area contributed by atoms with Gasteiger partial charge in [0.2, 0.25) is 0 Å². The Kier molecular flexibility index (Phi) is 7.50. The number of fused-ring (bicyclic) bond motifs is 9. The van der Waals surface area contributed by atoms with Crippen molar-refractivity contribution in [2.45, 2.75) is 26.2 Å². The lowest BCUT2D eigenvalue weighted by molar-refractivity contribution is 0.591. The first kappa shape index (κ1) is 33.2. The molecule has 0 aliphatic carbocycles. The van der Waals surface area contributed by atoms with E-state index in [0.29, 0.717) is 0 Å². The number of benzene rings is 8. The van der Waals surface area contributed by atoms with Crippen LogP contribution in [0.5, 0.6) is 0 Å². The number of hydrogen-bond donors (Lipinski definition) is 0. The summed E-state index contributed by atoms with van der Waals surface area (Å²) in [6, 6.07) is 65.3. The third kappa shape index (κ3) is 5.36. The van der Waals surface area contributed by atoms with E-state index in [1.54, 1.807) is 0 Å².